The number of rotatable bonds is 1. The summed E-state index contributed by atoms with van der Waals surface area (Å²) in [6.07, 6.45) is 7.48. The average Bonchev–Trinajstić information content (AvgIpc) is 2.80. The van der Waals surface area contributed by atoms with Gasteiger partial charge in [0.2, 0.25) is 5.70 Å². The number of aliphatic hydroxyl groups is 4. The Morgan fingerprint density at radius 2 is 1.61 bits per heavy atom. The highest BCUT2D eigenvalue weighted by Crippen LogP contribution is 2.76. The zero-order chi connectivity index (χ0) is 26.7. The molecule has 3 fully saturated rings. The number of nitrogens with zero attached hydrogens (tertiary/aromatic N) is 1. The predicted octanol–water partition coefficient (Wildman–Crippen LogP) is 6.16. The fourth-order valence-electron chi connectivity index (χ4n) is 10.5. The minimum atomic E-state index is -1.34. The number of fused-ring (bicyclic) bond motifs is 7. The van der Waals surface area contributed by atoms with E-state index in [0.29, 0.717) is 12.1 Å². The summed E-state index contributed by atoms with van der Waals surface area (Å²) in [5.41, 5.74) is -1.88. The summed E-state index contributed by atoms with van der Waals surface area (Å²) in [4.78, 5) is 3.76. The zero-order valence-electron chi connectivity index (χ0n) is 23.4. The lowest BCUT2D eigenvalue weighted by molar-refractivity contribution is -0.292. The molecule has 3 saturated carbocycles. The summed E-state index contributed by atoms with van der Waals surface area (Å²) in [6, 6.07) is 0. The lowest BCUT2D eigenvalue weighted by Gasteiger charge is -2.73. The van der Waals surface area contributed by atoms with Gasteiger partial charge in [-0.05, 0) is 84.9 Å². The second kappa shape index (κ2) is 7.39. The molecule has 0 heterocycles. The van der Waals surface area contributed by atoms with E-state index in [-0.39, 0.29) is 45.9 Å². The highest BCUT2D eigenvalue weighted by Gasteiger charge is 2.75. The third-order valence-corrected chi connectivity index (χ3v) is 13.0. The molecule has 5 nitrogen and oxygen atoms in total. The van der Waals surface area contributed by atoms with Crippen LogP contribution in [0.5, 0.6) is 0 Å². The zero-order valence-corrected chi connectivity index (χ0v) is 23.4. The van der Waals surface area contributed by atoms with E-state index >= 15 is 0 Å². The van der Waals surface area contributed by atoms with Crippen LogP contribution in [0.15, 0.2) is 23.1 Å². The van der Waals surface area contributed by atoms with Gasteiger partial charge in [-0.1, -0.05) is 60.1 Å². The Kier molecular flexibility index (Phi) is 5.39. The van der Waals surface area contributed by atoms with Crippen LogP contribution < -0.4 is 0 Å². The van der Waals surface area contributed by atoms with Crippen LogP contribution in [0, 0.1) is 50.9 Å². The Labute approximate surface area is 217 Å². The van der Waals surface area contributed by atoms with Gasteiger partial charge in [0.1, 0.15) is 17.5 Å². The molecule has 4 N–H and O–H groups in total. The van der Waals surface area contributed by atoms with E-state index < -0.39 is 22.5 Å². The lowest BCUT2D eigenvalue weighted by atomic mass is 9.32. The Bertz CT molecular complexity index is 1080. The van der Waals surface area contributed by atoms with E-state index in [2.05, 4.69) is 53.3 Å². The van der Waals surface area contributed by atoms with Crippen molar-refractivity contribution in [2.24, 2.45) is 44.3 Å². The first-order valence-electron chi connectivity index (χ1n) is 14.0. The highest BCUT2D eigenvalue weighted by atomic mass is 16.3. The number of aliphatic hydroxyl groups excluding tert-OH is 3. The smallest absolute Gasteiger partial charge is 0.203 e. The Hall–Kier alpha value is -1.35. The highest BCUT2D eigenvalue weighted by molar-refractivity contribution is 5.44. The van der Waals surface area contributed by atoms with Crippen molar-refractivity contribution in [3.8, 4) is 0 Å². The summed E-state index contributed by atoms with van der Waals surface area (Å²) in [5.74, 6) is 0.182. The third kappa shape index (κ3) is 2.82. The summed E-state index contributed by atoms with van der Waals surface area (Å²) in [6.45, 7) is 23.2. The van der Waals surface area contributed by atoms with Gasteiger partial charge in [-0.3, -0.25) is 0 Å². The van der Waals surface area contributed by atoms with Crippen molar-refractivity contribution in [3.63, 3.8) is 0 Å². The second-order valence-corrected chi connectivity index (χ2v) is 15.3. The Morgan fingerprint density at radius 1 is 0.972 bits per heavy atom. The van der Waals surface area contributed by atoms with Gasteiger partial charge >= 0.3 is 0 Å². The monoisotopic (exact) mass is 497 g/mol. The van der Waals surface area contributed by atoms with Crippen molar-refractivity contribution in [2.75, 3.05) is 6.61 Å². The van der Waals surface area contributed by atoms with Crippen molar-refractivity contribution in [2.45, 2.75) is 112 Å². The molecule has 0 aromatic heterocycles. The van der Waals surface area contributed by atoms with Crippen molar-refractivity contribution < 1.29 is 20.4 Å². The molecule has 36 heavy (non-hydrogen) atoms. The van der Waals surface area contributed by atoms with Crippen LogP contribution >= 0.6 is 0 Å². The summed E-state index contributed by atoms with van der Waals surface area (Å²) in [5, 5.41) is 46.5. The van der Waals surface area contributed by atoms with Gasteiger partial charge in [0.25, 0.3) is 0 Å². The maximum absolute atomic E-state index is 12.9. The van der Waals surface area contributed by atoms with Crippen LogP contribution in [-0.2, 0) is 0 Å². The van der Waals surface area contributed by atoms with Crippen LogP contribution in [0.25, 0.3) is 4.85 Å². The standard InChI is InChI=1S/C31H47NO4/c1-25(2)11-13-30(18-33)14-12-29(7)28(6)10-9-20-26(3,4)24(35)19(32-8)16-27(20,5)21(28)15-23(34)31(29,36)22(30)17-25/h15,20,22-23,33-36H,9-14,16-18H2,1-7H3/t20-,22+,23+,27-,28+,29-,30+,31+/m0/s1. The second-order valence-electron chi connectivity index (χ2n) is 15.3. The van der Waals surface area contributed by atoms with Crippen molar-refractivity contribution in [3.05, 3.63) is 34.5 Å². The molecule has 0 bridgehead atoms. The van der Waals surface area contributed by atoms with E-state index in [1.807, 2.05) is 6.08 Å². The van der Waals surface area contributed by atoms with Crippen molar-refractivity contribution in [1.29, 1.82) is 0 Å². The maximum atomic E-state index is 12.9. The van der Waals surface area contributed by atoms with Crippen LogP contribution in [0.3, 0.4) is 0 Å². The molecule has 8 atom stereocenters. The van der Waals surface area contributed by atoms with Gasteiger partial charge in [0.15, 0.2) is 0 Å². The molecule has 5 rings (SSSR count). The molecule has 200 valence electrons. The predicted molar refractivity (Wildman–Crippen MR) is 141 cm³/mol. The number of hydrogen-bond donors (Lipinski definition) is 4. The first-order valence-corrected chi connectivity index (χ1v) is 14.0. The summed E-state index contributed by atoms with van der Waals surface area (Å²) in [7, 11) is 0. The van der Waals surface area contributed by atoms with E-state index in [1.165, 1.54) is 5.57 Å². The molecule has 5 aliphatic rings. The molecule has 0 unspecified atom stereocenters. The van der Waals surface area contributed by atoms with E-state index in [9.17, 15) is 20.4 Å². The van der Waals surface area contributed by atoms with Crippen molar-refractivity contribution >= 4 is 0 Å². The molecule has 0 radical (unpaired) electrons. The lowest BCUT2D eigenvalue weighted by Crippen LogP contribution is -2.75. The van der Waals surface area contributed by atoms with Crippen LogP contribution in [0.1, 0.15) is 99.8 Å². The normalized spacial score (nSPS) is 51.1. The fraction of sp³-hybridized carbons (Fsp3) is 0.839. The average molecular weight is 498 g/mol. The van der Waals surface area contributed by atoms with Gasteiger partial charge in [-0.2, -0.15) is 0 Å². The Morgan fingerprint density at radius 3 is 2.22 bits per heavy atom. The molecule has 0 aliphatic heterocycles. The summed E-state index contributed by atoms with van der Waals surface area (Å²) >= 11 is 0. The number of allylic oxidation sites excluding steroid dienone is 3. The van der Waals surface area contributed by atoms with Crippen LogP contribution in [-0.4, -0.2) is 38.7 Å². The molecule has 0 spiro atoms. The van der Waals surface area contributed by atoms with Crippen molar-refractivity contribution in [1.82, 2.24) is 0 Å². The summed E-state index contributed by atoms with van der Waals surface area (Å²) < 4.78 is 0. The molecule has 0 aromatic carbocycles. The van der Waals surface area contributed by atoms with Gasteiger partial charge in [0.05, 0.1) is 6.57 Å². The quantitative estimate of drug-likeness (QED) is 0.258. The maximum Gasteiger partial charge on any atom is 0.203 e. The van der Waals surface area contributed by atoms with Gasteiger partial charge in [-0.15, -0.1) is 0 Å². The van der Waals surface area contributed by atoms with Gasteiger partial charge in [0, 0.05) is 17.4 Å². The molecular formula is C31H47NO4. The molecule has 0 amide bonds. The minimum absolute atomic E-state index is 0.0474. The first-order chi connectivity index (χ1) is 16.5. The minimum Gasteiger partial charge on any atom is -0.523 e. The third-order valence-electron chi connectivity index (χ3n) is 13.0. The van der Waals surface area contributed by atoms with Gasteiger partial charge < -0.3 is 20.4 Å². The first kappa shape index (κ1) is 26.3. The molecule has 5 heteroatoms. The van der Waals surface area contributed by atoms with Crippen LogP contribution in [0.2, 0.25) is 0 Å². The van der Waals surface area contributed by atoms with Crippen LogP contribution in [0.4, 0.5) is 0 Å². The molecule has 0 aromatic rings. The SMILES string of the molecule is [C-]#[N+]C1=C(O)C(C)(C)[C@@H]2CC[C@]3(C)C(=C[C@@H](O)[C@]4(O)[C@@H]5CC(C)(C)CC[C@]5(CO)CC[C@]43C)[C@@]2(C)C1. The molecule has 0 saturated heterocycles. The molecule has 5 aliphatic carbocycles. The van der Waals surface area contributed by atoms with E-state index in [0.717, 1.165) is 44.9 Å². The Balaban J connectivity index is 1.71. The van der Waals surface area contributed by atoms with E-state index in [1.54, 1.807) is 0 Å². The largest absolute Gasteiger partial charge is 0.523 e. The fourth-order valence-corrected chi connectivity index (χ4v) is 10.5. The molecular weight excluding hydrogens is 450 g/mol. The topological polar surface area (TPSA) is 85.3 Å². The number of hydrogen-bond acceptors (Lipinski definition) is 4. The van der Waals surface area contributed by atoms with E-state index in [4.69, 9.17) is 6.57 Å². The van der Waals surface area contributed by atoms with Gasteiger partial charge in [-0.25, -0.2) is 4.85 Å².